The van der Waals surface area contributed by atoms with Crippen molar-refractivity contribution in [1.82, 2.24) is 0 Å². The fourth-order valence-electron chi connectivity index (χ4n) is 2.65. The number of methoxy groups -OCH3 is 2. The second-order valence-electron chi connectivity index (χ2n) is 5.06. The predicted molar refractivity (Wildman–Crippen MR) is 75.2 cm³/mol. The zero-order valence-corrected chi connectivity index (χ0v) is 12.0. The fourth-order valence-corrected chi connectivity index (χ4v) is 2.65. The Morgan fingerprint density at radius 1 is 1.10 bits per heavy atom. The van der Waals surface area contributed by atoms with Gasteiger partial charge in [0.25, 0.3) is 0 Å². The smallest absolute Gasteiger partial charge is 0.143 e. The van der Waals surface area contributed by atoms with Crippen LogP contribution in [0.3, 0.4) is 0 Å². The van der Waals surface area contributed by atoms with Gasteiger partial charge < -0.3 is 9.47 Å². The number of carbonyl (C=O) groups is 2. The lowest BCUT2D eigenvalue weighted by Gasteiger charge is -2.19. The molecule has 0 radical (unpaired) electrons. The zero-order chi connectivity index (χ0) is 14.5. The molecule has 0 aliphatic heterocycles. The quantitative estimate of drug-likeness (QED) is 0.776. The van der Waals surface area contributed by atoms with Gasteiger partial charge >= 0.3 is 0 Å². The minimum Gasteiger partial charge on any atom is -0.497 e. The third kappa shape index (κ3) is 3.18. The number of aryl methyl sites for hydroxylation is 1. The molecule has 1 aromatic rings. The number of ketones is 2. The molecule has 20 heavy (non-hydrogen) atoms. The Bertz CT molecular complexity index is 491. The predicted octanol–water partition coefficient (Wildman–Crippen LogP) is 2.57. The van der Waals surface area contributed by atoms with Gasteiger partial charge in [0.1, 0.15) is 23.1 Å². The second kappa shape index (κ2) is 6.55. The molecule has 108 valence electrons. The zero-order valence-electron chi connectivity index (χ0n) is 12.0. The summed E-state index contributed by atoms with van der Waals surface area (Å²) < 4.78 is 10.5. The molecule has 0 amide bonds. The Balaban J connectivity index is 2.06. The second-order valence-corrected chi connectivity index (χ2v) is 5.06. The number of ether oxygens (including phenoxy) is 2. The summed E-state index contributed by atoms with van der Waals surface area (Å²) in [6, 6.07) is 5.61. The van der Waals surface area contributed by atoms with Gasteiger partial charge in [-0.3, -0.25) is 9.59 Å². The Morgan fingerprint density at radius 2 is 1.80 bits per heavy atom. The van der Waals surface area contributed by atoms with Crippen LogP contribution >= 0.6 is 0 Å². The SMILES string of the molecule is COc1ccc(CCC2C(=O)CCCC2=O)c(OC)c1. The largest absolute Gasteiger partial charge is 0.497 e. The van der Waals surface area contributed by atoms with E-state index in [1.54, 1.807) is 14.2 Å². The Kier molecular flexibility index (Phi) is 4.77. The lowest BCUT2D eigenvalue weighted by atomic mass is 9.83. The molecule has 0 bridgehead atoms. The molecule has 0 spiro atoms. The van der Waals surface area contributed by atoms with E-state index in [-0.39, 0.29) is 11.6 Å². The van der Waals surface area contributed by atoms with Crippen LogP contribution in [0.25, 0.3) is 0 Å². The molecule has 0 saturated heterocycles. The molecule has 1 aliphatic carbocycles. The van der Waals surface area contributed by atoms with E-state index in [4.69, 9.17) is 9.47 Å². The molecule has 1 aliphatic rings. The molecule has 1 aromatic carbocycles. The summed E-state index contributed by atoms with van der Waals surface area (Å²) in [5, 5.41) is 0. The van der Waals surface area contributed by atoms with E-state index in [1.165, 1.54) is 0 Å². The van der Waals surface area contributed by atoms with Crippen LogP contribution in [0.5, 0.6) is 11.5 Å². The summed E-state index contributed by atoms with van der Waals surface area (Å²) in [6.45, 7) is 0. The number of Topliss-reactive ketones (excluding diaryl/α,β-unsaturated/α-hetero) is 2. The van der Waals surface area contributed by atoms with Crippen LogP contribution in [0.15, 0.2) is 18.2 Å². The Labute approximate surface area is 119 Å². The number of rotatable bonds is 5. The maximum atomic E-state index is 11.8. The summed E-state index contributed by atoms with van der Waals surface area (Å²) in [4.78, 5) is 23.6. The molecule has 2 rings (SSSR count). The van der Waals surface area contributed by atoms with Crippen molar-refractivity contribution in [3.63, 3.8) is 0 Å². The Hall–Kier alpha value is -1.84. The average Bonchev–Trinajstić information content (AvgIpc) is 2.46. The minimum atomic E-state index is -0.421. The van der Waals surface area contributed by atoms with Crippen LogP contribution in [0.4, 0.5) is 0 Å². The molecule has 1 saturated carbocycles. The van der Waals surface area contributed by atoms with Gasteiger partial charge in [-0.1, -0.05) is 6.07 Å². The van der Waals surface area contributed by atoms with Crippen molar-refractivity contribution in [1.29, 1.82) is 0 Å². The summed E-state index contributed by atoms with van der Waals surface area (Å²) in [6.07, 6.45) is 3.02. The highest BCUT2D eigenvalue weighted by molar-refractivity contribution is 6.04. The summed E-state index contributed by atoms with van der Waals surface area (Å²) in [5.41, 5.74) is 1.000. The molecule has 0 aromatic heterocycles. The van der Waals surface area contributed by atoms with Crippen LogP contribution in [-0.4, -0.2) is 25.8 Å². The van der Waals surface area contributed by atoms with Gasteiger partial charge in [-0.05, 0) is 30.9 Å². The van der Waals surface area contributed by atoms with Crippen molar-refractivity contribution >= 4 is 11.6 Å². The standard InChI is InChI=1S/C16H20O4/c1-19-12-8-6-11(16(10-12)20-2)7-9-13-14(17)4-3-5-15(13)18/h6,8,10,13H,3-5,7,9H2,1-2H3. The van der Waals surface area contributed by atoms with Crippen molar-refractivity contribution in [2.75, 3.05) is 14.2 Å². The number of benzene rings is 1. The lowest BCUT2D eigenvalue weighted by Crippen LogP contribution is -2.28. The number of carbonyl (C=O) groups excluding carboxylic acids is 2. The van der Waals surface area contributed by atoms with E-state index < -0.39 is 5.92 Å². The maximum absolute atomic E-state index is 11.8. The van der Waals surface area contributed by atoms with Crippen molar-refractivity contribution in [2.45, 2.75) is 32.1 Å². The van der Waals surface area contributed by atoms with Crippen molar-refractivity contribution in [2.24, 2.45) is 5.92 Å². The first-order valence-corrected chi connectivity index (χ1v) is 6.92. The van der Waals surface area contributed by atoms with Crippen LogP contribution in [0.2, 0.25) is 0 Å². The fraction of sp³-hybridized carbons (Fsp3) is 0.500. The van der Waals surface area contributed by atoms with Gasteiger partial charge in [0.05, 0.1) is 20.1 Å². The molecule has 0 N–H and O–H groups in total. The van der Waals surface area contributed by atoms with Crippen LogP contribution in [-0.2, 0) is 16.0 Å². The number of hydrogen-bond donors (Lipinski definition) is 0. The maximum Gasteiger partial charge on any atom is 0.143 e. The first kappa shape index (κ1) is 14.6. The molecule has 0 atom stereocenters. The molecule has 4 heteroatoms. The van der Waals surface area contributed by atoms with Crippen LogP contribution in [0.1, 0.15) is 31.2 Å². The van der Waals surface area contributed by atoms with Crippen LogP contribution < -0.4 is 9.47 Å². The third-order valence-electron chi connectivity index (χ3n) is 3.82. The molecule has 0 unspecified atom stereocenters. The van der Waals surface area contributed by atoms with Gasteiger partial charge in [-0.2, -0.15) is 0 Å². The topological polar surface area (TPSA) is 52.6 Å². The van der Waals surface area contributed by atoms with Gasteiger partial charge in [0.2, 0.25) is 0 Å². The van der Waals surface area contributed by atoms with E-state index in [1.807, 2.05) is 18.2 Å². The molecule has 4 nitrogen and oxygen atoms in total. The van der Waals surface area contributed by atoms with Crippen molar-refractivity contribution in [3.8, 4) is 11.5 Å². The highest BCUT2D eigenvalue weighted by Gasteiger charge is 2.29. The van der Waals surface area contributed by atoms with Gasteiger partial charge in [-0.25, -0.2) is 0 Å². The molecular weight excluding hydrogens is 256 g/mol. The van der Waals surface area contributed by atoms with E-state index in [2.05, 4.69) is 0 Å². The summed E-state index contributed by atoms with van der Waals surface area (Å²) in [5.74, 6) is 1.23. The molecular formula is C16H20O4. The van der Waals surface area contributed by atoms with Crippen molar-refractivity contribution in [3.05, 3.63) is 23.8 Å². The van der Waals surface area contributed by atoms with E-state index in [0.717, 1.165) is 17.1 Å². The molecule has 1 fully saturated rings. The minimum absolute atomic E-state index is 0.0914. The monoisotopic (exact) mass is 276 g/mol. The first-order valence-electron chi connectivity index (χ1n) is 6.92. The highest BCUT2D eigenvalue weighted by atomic mass is 16.5. The third-order valence-corrected chi connectivity index (χ3v) is 3.82. The van der Waals surface area contributed by atoms with Gasteiger partial charge in [-0.15, -0.1) is 0 Å². The van der Waals surface area contributed by atoms with Crippen LogP contribution in [0, 0.1) is 5.92 Å². The van der Waals surface area contributed by atoms with Gasteiger partial charge in [0, 0.05) is 18.9 Å². The van der Waals surface area contributed by atoms with E-state index in [0.29, 0.717) is 32.1 Å². The van der Waals surface area contributed by atoms with E-state index >= 15 is 0 Å². The first-order chi connectivity index (χ1) is 9.65. The number of hydrogen-bond acceptors (Lipinski definition) is 4. The summed E-state index contributed by atoms with van der Waals surface area (Å²) in [7, 11) is 3.21. The molecule has 0 heterocycles. The normalized spacial score (nSPS) is 16.3. The van der Waals surface area contributed by atoms with Gasteiger partial charge in [0.15, 0.2) is 0 Å². The highest BCUT2D eigenvalue weighted by Crippen LogP contribution is 2.28. The van der Waals surface area contributed by atoms with Crippen molar-refractivity contribution < 1.29 is 19.1 Å². The lowest BCUT2D eigenvalue weighted by molar-refractivity contribution is -0.135. The van der Waals surface area contributed by atoms with E-state index in [9.17, 15) is 9.59 Å². The Morgan fingerprint density at radius 3 is 2.40 bits per heavy atom. The average molecular weight is 276 g/mol. The summed E-state index contributed by atoms with van der Waals surface area (Å²) >= 11 is 0.